The van der Waals surface area contributed by atoms with Crippen LogP contribution < -0.4 is 20.5 Å². The Morgan fingerprint density at radius 2 is 1.85 bits per heavy atom. The Labute approximate surface area is 155 Å². The van der Waals surface area contributed by atoms with E-state index in [1.165, 1.54) is 18.9 Å². The Kier molecular flexibility index (Phi) is 6.79. The van der Waals surface area contributed by atoms with Gasteiger partial charge in [-0.05, 0) is 32.0 Å². The standard InChI is InChI=1S/C17H20N4O4S/c1-10-6-11(2)20-17(19-10)26-9-16(23)21-12-4-5-13(24-3)14(7-12)25-8-15(18)22/h4-7H,8-9H2,1-3H3,(H2,18,22)(H,21,23). The molecule has 0 radical (unpaired) electrons. The number of ether oxygens (including phenoxy) is 2. The van der Waals surface area contributed by atoms with Gasteiger partial charge in [-0.25, -0.2) is 9.97 Å². The van der Waals surface area contributed by atoms with Crippen LogP contribution in [0.3, 0.4) is 0 Å². The van der Waals surface area contributed by atoms with Crippen LogP contribution in [0.2, 0.25) is 0 Å². The third-order valence-electron chi connectivity index (χ3n) is 3.11. The number of benzene rings is 1. The lowest BCUT2D eigenvalue weighted by Crippen LogP contribution is -2.20. The highest BCUT2D eigenvalue weighted by Gasteiger charge is 2.11. The monoisotopic (exact) mass is 376 g/mol. The summed E-state index contributed by atoms with van der Waals surface area (Å²) >= 11 is 1.25. The van der Waals surface area contributed by atoms with Crippen LogP contribution in [0, 0.1) is 13.8 Å². The zero-order valence-electron chi connectivity index (χ0n) is 14.7. The maximum atomic E-state index is 12.2. The molecule has 0 unspecified atom stereocenters. The minimum atomic E-state index is -0.605. The van der Waals surface area contributed by atoms with E-state index in [0.717, 1.165) is 11.4 Å². The van der Waals surface area contributed by atoms with Crippen molar-refractivity contribution in [3.05, 3.63) is 35.7 Å². The van der Waals surface area contributed by atoms with Crippen molar-refractivity contribution in [1.29, 1.82) is 0 Å². The number of methoxy groups -OCH3 is 1. The number of rotatable bonds is 8. The smallest absolute Gasteiger partial charge is 0.255 e. The van der Waals surface area contributed by atoms with E-state index < -0.39 is 5.91 Å². The molecule has 0 atom stereocenters. The van der Waals surface area contributed by atoms with Gasteiger partial charge in [0.1, 0.15) is 0 Å². The fraction of sp³-hybridized carbons (Fsp3) is 0.294. The van der Waals surface area contributed by atoms with Gasteiger partial charge >= 0.3 is 0 Å². The van der Waals surface area contributed by atoms with Crippen LogP contribution in [0.15, 0.2) is 29.4 Å². The Balaban J connectivity index is 1.99. The third-order valence-corrected chi connectivity index (χ3v) is 3.96. The summed E-state index contributed by atoms with van der Waals surface area (Å²) in [5, 5.41) is 3.31. The van der Waals surface area contributed by atoms with E-state index in [4.69, 9.17) is 15.2 Å². The van der Waals surface area contributed by atoms with Crippen LogP contribution in [-0.2, 0) is 9.59 Å². The number of aryl methyl sites for hydroxylation is 2. The molecule has 26 heavy (non-hydrogen) atoms. The van der Waals surface area contributed by atoms with Gasteiger partial charge in [-0.15, -0.1) is 0 Å². The molecule has 1 heterocycles. The lowest BCUT2D eigenvalue weighted by Gasteiger charge is -2.12. The molecule has 1 aromatic heterocycles. The van der Waals surface area contributed by atoms with Crippen LogP contribution in [0.1, 0.15) is 11.4 Å². The van der Waals surface area contributed by atoms with E-state index in [1.807, 2.05) is 19.9 Å². The lowest BCUT2D eigenvalue weighted by molar-refractivity contribution is -0.120. The molecular formula is C17H20N4O4S. The summed E-state index contributed by atoms with van der Waals surface area (Å²) in [6, 6.07) is 6.74. The van der Waals surface area contributed by atoms with E-state index in [-0.39, 0.29) is 18.3 Å². The molecule has 0 spiro atoms. The number of carbonyl (C=O) groups is 2. The van der Waals surface area contributed by atoms with Gasteiger partial charge in [0.15, 0.2) is 23.3 Å². The number of hydrogen-bond donors (Lipinski definition) is 2. The van der Waals surface area contributed by atoms with Crippen LogP contribution in [0.4, 0.5) is 5.69 Å². The average Bonchev–Trinajstić information content (AvgIpc) is 2.57. The summed E-state index contributed by atoms with van der Waals surface area (Å²) in [5.41, 5.74) is 7.30. The molecule has 2 rings (SSSR count). The minimum absolute atomic E-state index is 0.159. The highest BCUT2D eigenvalue weighted by Crippen LogP contribution is 2.30. The predicted molar refractivity (Wildman–Crippen MR) is 98.5 cm³/mol. The first-order valence-electron chi connectivity index (χ1n) is 7.71. The second-order valence-corrected chi connectivity index (χ2v) is 6.33. The third kappa shape index (κ3) is 5.92. The molecule has 0 saturated carbocycles. The summed E-state index contributed by atoms with van der Waals surface area (Å²) in [4.78, 5) is 31.6. The van der Waals surface area contributed by atoms with Gasteiger partial charge in [-0.2, -0.15) is 0 Å². The number of primary amides is 1. The summed E-state index contributed by atoms with van der Waals surface area (Å²) in [6.07, 6.45) is 0. The van der Waals surface area contributed by atoms with E-state index in [9.17, 15) is 9.59 Å². The summed E-state index contributed by atoms with van der Waals surface area (Å²) in [5.74, 6) is 0.0821. The number of nitrogens with two attached hydrogens (primary N) is 1. The maximum Gasteiger partial charge on any atom is 0.255 e. The fourth-order valence-electron chi connectivity index (χ4n) is 2.10. The largest absolute Gasteiger partial charge is 0.493 e. The zero-order valence-corrected chi connectivity index (χ0v) is 15.6. The number of amides is 2. The van der Waals surface area contributed by atoms with Gasteiger partial charge < -0.3 is 20.5 Å². The van der Waals surface area contributed by atoms with E-state index in [1.54, 1.807) is 18.2 Å². The van der Waals surface area contributed by atoms with Crippen LogP contribution >= 0.6 is 11.8 Å². The molecule has 3 N–H and O–H groups in total. The van der Waals surface area contributed by atoms with Crippen molar-refractivity contribution < 1.29 is 19.1 Å². The minimum Gasteiger partial charge on any atom is -0.493 e. The van der Waals surface area contributed by atoms with Gasteiger partial charge in [0.2, 0.25) is 5.91 Å². The van der Waals surface area contributed by atoms with Crippen molar-refractivity contribution in [3.8, 4) is 11.5 Å². The molecule has 0 saturated heterocycles. The molecule has 9 heteroatoms. The van der Waals surface area contributed by atoms with Gasteiger partial charge in [-0.1, -0.05) is 11.8 Å². The number of hydrogen-bond acceptors (Lipinski definition) is 7. The first kappa shape index (κ1) is 19.5. The molecule has 1 aromatic carbocycles. The highest BCUT2D eigenvalue weighted by atomic mass is 32.2. The molecule has 0 aliphatic heterocycles. The average molecular weight is 376 g/mol. The summed E-state index contributed by atoms with van der Waals surface area (Å²) < 4.78 is 10.4. The molecule has 2 aromatic rings. The molecular weight excluding hydrogens is 356 g/mol. The van der Waals surface area contributed by atoms with Crippen molar-refractivity contribution in [3.63, 3.8) is 0 Å². The Bertz CT molecular complexity index is 793. The second-order valence-electron chi connectivity index (χ2n) is 5.39. The lowest BCUT2D eigenvalue weighted by atomic mass is 10.2. The van der Waals surface area contributed by atoms with Crippen LogP contribution in [-0.4, -0.2) is 41.3 Å². The van der Waals surface area contributed by atoms with Crippen molar-refractivity contribution in [2.24, 2.45) is 5.73 Å². The maximum absolute atomic E-state index is 12.2. The van der Waals surface area contributed by atoms with E-state index in [2.05, 4.69) is 15.3 Å². The fourth-order valence-corrected chi connectivity index (χ4v) is 2.85. The first-order chi connectivity index (χ1) is 12.4. The van der Waals surface area contributed by atoms with Gasteiger partial charge in [0.05, 0.1) is 12.9 Å². The van der Waals surface area contributed by atoms with Crippen molar-refractivity contribution in [1.82, 2.24) is 9.97 Å². The van der Waals surface area contributed by atoms with Crippen molar-refractivity contribution >= 4 is 29.3 Å². The molecule has 0 aliphatic rings. The van der Waals surface area contributed by atoms with E-state index >= 15 is 0 Å². The molecule has 8 nitrogen and oxygen atoms in total. The number of carbonyl (C=O) groups excluding carboxylic acids is 2. The first-order valence-corrected chi connectivity index (χ1v) is 8.70. The zero-order chi connectivity index (χ0) is 19.1. The number of nitrogens with one attached hydrogen (secondary N) is 1. The Morgan fingerprint density at radius 3 is 2.46 bits per heavy atom. The van der Waals surface area contributed by atoms with Crippen molar-refractivity contribution in [2.45, 2.75) is 19.0 Å². The summed E-state index contributed by atoms with van der Waals surface area (Å²) in [6.45, 7) is 3.47. The number of thioether (sulfide) groups is 1. The highest BCUT2D eigenvalue weighted by molar-refractivity contribution is 7.99. The number of nitrogens with zero attached hydrogens (tertiary/aromatic N) is 2. The number of anilines is 1. The van der Waals surface area contributed by atoms with Crippen LogP contribution in [0.25, 0.3) is 0 Å². The predicted octanol–water partition coefficient (Wildman–Crippen LogP) is 1.70. The van der Waals surface area contributed by atoms with E-state index in [0.29, 0.717) is 22.3 Å². The van der Waals surface area contributed by atoms with Gasteiger partial charge in [0, 0.05) is 23.1 Å². The van der Waals surface area contributed by atoms with Gasteiger partial charge in [-0.3, -0.25) is 9.59 Å². The van der Waals surface area contributed by atoms with Crippen LogP contribution in [0.5, 0.6) is 11.5 Å². The SMILES string of the molecule is COc1ccc(NC(=O)CSc2nc(C)cc(C)n2)cc1OCC(N)=O. The Morgan fingerprint density at radius 1 is 1.15 bits per heavy atom. The topological polar surface area (TPSA) is 116 Å². The molecule has 0 bridgehead atoms. The molecule has 0 aliphatic carbocycles. The molecule has 138 valence electrons. The second kappa shape index (κ2) is 9.04. The normalized spacial score (nSPS) is 10.3. The quantitative estimate of drug-likeness (QED) is 0.532. The molecule has 2 amide bonds. The summed E-state index contributed by atoms with van der Waals surface area (Å²) in [7, 11) is 1.48. The van der Waals surface area contributed by atoms with Crippen molar-refractivity contribution in [2.75, 3.05) is 24.8 Å². The molecule has 0 fully saturated rings. The Hall–Kier alpha value is -2.81. The van der Waals surface area contributed by atoms with Gasteiger partial charge in [0.25, 0.3) is 5.91 Å². The number of aromatic nitrogens is 2.